The first-order valence-electron chi connectivity index (χ1n) is 6.34. The van der Waals surface area contributed by atoms with E-state index in [1.807, 2.05) is 24.1 Å². The second-order valence-corrected chi connectivity index (χ2v) is 5.42. The Kier molecular flexibility index (Phi) is 5.01. The lowest BCUT2D eigenvalue weighted by Crippen LogP contribution is -2.23. The molecule has 0 atom stereocenters. The van der Waals surface area contributed by atoms with Crippen molar-refractivity contribution in [3.63, 3.8) is 0 Å². The zero-order valence-electron chi connectivity index (χ0n) is 10.7. The van der Waals surface area contributed by atoms with E-state index in [1.54, 1.807) is 6.07 Å². The van der Waals surface area contributed by atoms with Crippen molar-refractivity contribution in [3.05, 3.63) is 29.6 Å². The van der Waals surface area contributed by atoms with Crippen LogP contribution in [0, 0.1) is 11.7 Å². The average molecular weight is 316 g/mol. The number of benzene rings is 1. The Morgan fingerprint density at radius 1 is 1.44 bits per heavy atom. The fourth-order valence-electron chi connectivity index (χ4n) is 1.80. The van der Waals surface area contributed by atoms with E-state index in [2.05, 4.69) is 15.9 Å². The van der Waals surface area contributed by atoms with Crippen LogP contribution < -0.4 is 4.90 Å². The first-order valence-corrected chi connectivity index (χ1v) is 7.46. The molecule has 1 aliphatic carbocycles. The number of alkyl halides is 1. The van der Waals surface area contributed by atoms with E-state index >= 15 is 0 Å². The molecule has 1 fully saturated rings. The van der Waals surface area contributed by atoms with Crippen molar-refractivity contribution in [2.45, 2.75) is 18.2 Å². The maximum absolute atomic E-state index is 13.8. The second kappa shape index (κ2) is 6.53. The van der Waals surface area contributed by atoms with Crippen LogP contribution >= 0.6 is 15.9 Å². The molecule has 0 aliphatic heterocycles. The van der Waals surface area contributed by atoms with E-state index < -0.39 is 0 Å². The highest BCUT2D eigenvalue weighted by Crippen LogP contribution is 2.28. The van der Waals surface area contributed by atoms with Gasteiger partial charge in [-0.05, 0) is 36.5 Å². The molecule has 1 aliphatic rings. The molecular weight excluding hydrogens is 297 g/mol. The molecule has 0 unspecified atom stereocenters. The molecule has 2 rings (SSSR count). The number of hydrogen-bond acceptors (Lipinski definition) is 2. The van der Waals surface area contributed by atoms with Gasteiger partial charge in [0, 0.05) is 25.5 Å². The Hall–Kier alpha value is -0.610. The lowest BCUT2D eigenvalue weighted by atomic mass is 10.2. The van der Waals surface area contributed by atoms with Crippen molar-refractivity contribution in [1.82, 2.24) is 0 Å². The van der Waals surface area contributed by atoms with Crippen molar-refractivity contribution >= 4 is 21.6 Å². The van der Waals surface area contributed by atoms with Gasteiger partial charge >= 0.3 is 0 Å². The molecule has 18 heavy (non-hydrogen) atoms. The van der Waals surface area contributed by atoms with Crippen LogP contribution in [0.1, 0.15) is 18.4 Å². The first kappa shape index (κ1) is 13.8. The van der Waals surface area contributed by atoms with Gasteiger partial charge in [0.25, 0.3) is 0 Å². The van der Waals surface area contributed by atoms with Gasteiger partial charge in [0.05, 0.1) is 12.3 Å². The summed E-state index contributed by atoms with van der Waals surface area (Å²) in [6.45, 7) is 2.24. The fraction of sp³-hybridized carbons (Fsp3) is 0.571. The normalized spacial score (nSPS) is 14.8. The van der Waals surface area contributed by atoms with Gasteiger partial charge in [-0.15, -0.1) is 0 Å². The molecule has 1 aromatic carbocycles. The zero-order valence-corrected chi connectivity index (χ0v) is 12.2. The van der Waals surface area contributed by atoms with Crippen molar-refractivity contribution in [2.24, 2.45) is 5.92 Å². The number of nitrogens with zero attached hydrogens (tertiary/aromatic N) is 1. The number of rotatable bonds is 7. The molecule has 0 heterocycles. The van der Waals surface area contributed by atoms with Crippen LogP contribution in [0.3, 0.4) is 0 Å². The Labute approximate surface area is 116 Å². The molecule has 0 spiro atoms. The summed E-state index contributed by atoms with van der Waals surface area (Å²) >= 11 is 3.32. The minimum Gasteiger partial charge on any atom is -0.379 e. The molecule has 100 valence electrons. The minimum atomic E-state index is -0.170. The number of hydrogen-bond donors (Lipinski definition) is 0. The standard InChI is InChI=1S/C14H19BrFNO/c1-17(6-7-18-10-11-2-3-11)14-5-4-12(9-15)8-13(14)16/h4-5,8,11H,2-3,6-7,9-10H2,1H3. The molecule has 0 amide bonds. The van der Waals surface area contributed by atoms with E-state index in [9.17, 15) is 4.39 Å². The van der Waals surface area contributed by atoms with E-state index in [0.717, 1.165) is 24.6 Å². The summed E-state index contributed by atoms with van der Waals surface area (Å²) in [6.07, 6.45) is 2.61. The molecule has 2 nitrogen and oxygen atoms in total. The van der Waals surface area contributed by atoms with Crippen molar-refractivity contribution in [1.29, 1.82) is 0 Å². The molecule has 4 heteroatoms. The topological polar surface area (TPSA) is 12.5 Å². The van der Waals surface area contributed by atoms with Gasteiger partial charge in [0.2, 0.25) is 0 Å². The van der Waals surface area contributed by atoms with Crippen LogP contribution in [0.2, 0.25) is 0 Å². The van der Waals surface area contributed by atoms with Crippen LogP contribution in [0.5, 0.6) is 0 Å². The van der Waals surface area contributed by atoms with Gasteiger partial charge in [-0.3, -0.25) is 0 Å². The summed E-state index contributed by atoms with van der Waals surface area (Å²) in [5, 5.41) is 0.679. The highest BCUT2D eigenvalue weighted by molar-refractivity contribution is 9.08. The zero-order chi connectivity index (χ0) is 13.0. The van der Waals surface area contributed by atoms with Crippen LogP contribution in [0.4, 0.5) is 10.1 Å². The van der Waals surface area contributed by atoms with Gasteiger partial charge in [-0.2, -0.15) is 0 Å². The van der Waals surface area contributed by atoms with E-state index in [-0.39, 0.29) is 5.82 Å². The fourth-order valence-corrected chi connectivity index (χ4v) is 2.15. The third-order valence-electron chi connectivity index (χ3n) is 3.20. The van der Waals surface area contributed by atoms with E-state index in [4.69, 9.17) is 4.74 Å². The Morgan fingerprint density at radius 2 is 2.22 bits per heavy atom. The van der Waals surface area contributed by atoms with Crippen LogP contribution in [0.15, 0.2) is 18.2 Å². The molecular formula is C14H19BrFNO. The van der Waals surface area contributed by atoms with E-state index in [0.29, 0.717) is 17.6 Å². The predicted octanol–water partition coefficient (Wildman–Crippen LogP) is 3.58. The molecule has 0 N–H and O–H groups in total. The summed E-state index contributed by atoms with van der Waals surface area (Å²) in [6, 6.07) is 5.34. The highest BCUT2D eigenvalue weighted by atomic mass is 79.9. The van der Waals surface area contributed by atoms with Crippen molar-refractivity contribution < 1.29 is 9.13 Å². The van der Waals surface area contributed by atoms with Gasteiger partial charge in [0.15, 0.2) is 0 Å². The first-order chi connectivity index (χ1) is 8.70. The summed E-state index contributed by atoms with van der Waals surface area (Å²) < 4.78 is 19.4. The molecule has 1 saturated carbocycles. The Bertz CT molecular complexity index is 395. The van der Waals surface area contributed by atoms with Gasteiger partial charge in [-0.1, -0.05) is 22.0 Å². The van der Waals surface area contributed by atoms with Gasteiger partial charge < -0.3 is 9.64 Å². The lowest BCUT2D eigenvalue weighted by Gasteiger charge is -2.20. The minimum absolute atomic E-state index is 0.170. The highest BCUT2D eigenvalue weighted by Gasteiger charge is 2.21. The monoisotopic (exact) mass is 315 g/mol. The SMILES string of the molecule is CN(CCOCC1CC1)c1ccc(CBr)cc1F. The number of ether oxygens (including phenoxy) is 1. The molecule has 0 aromatic heterocycles. The van der Waals surface area contributed by atoms with Gasteiger partial charge in [-0.25, -0.2) is 4.39 Å². The number of anilines is 1. The summed E-state index contributed by atoms with van der Waals surface area (Å²) in [7, 11) is 1.90. The van der Waals surface area contributed by atoms with Crippen LogP contribution in [-0.4, -0.2) is 26.8 Å². The largest absolute Gasteiger partial charge is 0.379 e. The quantitative estimate of drug-likeness (QED) is 0.563. The Morgan fingerprint density at radius 3 is 2.83 bits per heavy atom. The second-order valence-electron chi connectivity index (χ2n) is 4.86. The molecule has 0 saturated heterocycles. The smallest absolute Gasteiger partial charge is 0.146 e. The maximum Gasteiger partial charge on any atom is 0.146 e. The number of likely N-dealkylation sites (N-methyl/N-ethyl adjacent to an activating group) is 1. The summed E-state index contributed by atoms with van der Waals surface area (Å²) in [4.78, 5) is 1.90. The van der Waals surface area contributed by atoms with Crippen molar-refractivity contribution in [2.75, 3.05) is 31.7 Å². The molecule has 0 radical (unpaired) electrons. The maximum atomic E-state index is 13.8. The molecule has 1 aromatic rings. The van der Waals surface area contributed by atoms with Crippen molar-refractivity contribution in [3.8, 4) is 0 Å². The van der Waals surface area contributed by atoms with E-state index in [1.165, 1.54) is 12.8 Å². The third kappa shape index (κ3) is 3.95. The lowest BCUT2D eigenvalue weighted by molar-refractivity contribution is 0.131. The predicted molar refractivity (Wildman–Crippen MR) is 75.8 cm³/mol. The van der Waals surface area contributed by atoms with Crippen LogP contribution in [-0.2, 0) is 10.1 Å². The summed E-state index contributed by atoms with van der Waals surface area (Å²) in [5.74, 6) is 0.613. The van der Waals surface area contributed by atoms with Crippen LogP contribution in [0.25, 0.3) is 0 Å². The summed E-state index contributed by atoms with van der Waals surface area (Å²) in [5.41, 5.74) is 1.59. The molecule has 0 bridgehead atoms. The number of halogens is 2. The van der Waals surface area contributed by atoms with Gasteiger partial charge in [0.1, 0.15) is 5.82 Å². The third-order valence-corrected chi connectivity index (χ3v) is 3.85. The average Bonchev–Trinajstić information content (AvgIpc) is 3.18. The Balaban J connectivity index is 1.81.